The van der Waals surface area contributed by atoms with Gasteiger partial charge in [-0.05, 0) is 25.7 Å². The molecule has 0 rings (SSSR count). The second-order valence-corrected chi connectivity index (χ2v) is 12.9. The molecule has 41 heavy (non-hydrogen) atoms. The van der Waals surface area contributed by atoms with Crippen LogP contribution in [0.25, 0.3) is 0 Å². The highest BCUT2D eigenvalue weighted by Crippen LogP contribution is 2.21. The van der Waals surface area contributed by atoms with Crippen LogP contribution < -0.4 is 0 Å². The molecular formula is C32H60O8Si. The van der Waals surface area contributed by atoms with Gasteiger partial charge in [-0.25, -0.2) is 0 Å². The summed E-state index contributed by atoms with van der Waals surface area (Å²) in [6, 6.07) is 0. The van der Waals surface area contributed by atoms with Crippen LogP contribution >= 0.6 is 0 Å². The van der Waals surface area contributed by atoms with E-state index in [4.69, 9.17) is 17.7 Å². The Morgan fingerprint density at radius 2 is 0.537 bits per heavy atom. The highest BCUT2D eigenvalue weighted by atomic mass is 28.4. The first kappa shape index (κ1) is 39.1. The van der Waals surface area contributed by atoms with Crippen molar-refractivity contribution < 1.29 is 36.9 Å². The Hall–Kier alpha value is -1.90. The van der Waals surface area contributed by atoms with Crippen molar-refractivity contribution in [2.24, 2.45) is 0 Å². The van der Waals surface area contributed by atoms with Crippen LogP contribution in [0.1, 0.15) is 182 Å². The minimum atomic E-state index is -4.75. The van der Waals surface area contributed by atoms with Crippen molar-refractivity contribution in [2.75, 3.05) is 0 Å². The summed E-state index contributed by atoms with van der Waals surface area (Å²) >= 11 is 0. The minimum absolute atomic E-state index is 0.0656. The summed E-state index contributed by atoms with van der Waals surface area (Å²) in [5.41, 5.74) is 0. The molecule has 0 radical (unpaired) electrons. The van der Waals surface area contributed by atoms with Crippen molar-refractivity contribution in [1.82, 2.24) is 0 Å². The molecule has 0 spiro atoms. The van der Waals surface area contributed by atoms with Gasteiger partial charge in [-0.1, -0.05) is 130 Å². The molecule has 0 aromatic rings. The van der Waals surface area contributed by atoms with E-state index in [0.717, 1.165) is 103 Å². The molecular weight excluding hydrogens is 540 g/mol. The second kappa shape index (κ2) is 27.0. The maximum absolute atomic E-state index is 12.9. The molecule has 0 saturated heterocycles. The van der Waals surface area contributed by atoms with Gasteiger partial charge in [-0.3, -0.25) is 19.2 Å². The predicted octanol–water partition coefficient (Wildman–Crippen LogP) is 9.04. The first-order valence-electron chi connectivity index (χ1n) is 16.7. The number of unbranched alkanes of at least 4 members (excludes halogenated alkanes) is 16. The highest BCUT2D eigenvalue weighted by molar-refractivity contribution is 6.60. The Morgan fingerprint density at radius 3 is 0.732 bits per heavy atom. The number of hydrogen-bond donors (Lipinski definition) is 0. The van der Waals surface area contributed by atoms with Crippen molar-refractivity contribution in [2.45, 2.75) is 182 Å². The third-order valence-corrected chi connectivity index (χ3v) is 8.80. The molecule has 0 N–H and O–H groups in total. The standard InChI is InChI=1S/C32H60O8Si/c1-5-9-13-17-21-25-29(33)37-41(38-30(34)26-22-18-14-10-6-2,39-31(35)27-23-19-15-11-7-3)40-32(36)28-24-20-16-12-8-4/h5-28H2,1-4H3. The molecule has 0 atom stereocenters. The largest absolute Gasteiger partial charge is 0.974 e. The van der Waals surface area contributed by atoms with E-state index in [9.17, 15) is 19.2 Å². The molecule has 0 unspecified atom stereocenters. The van der Waals surface area contributed by atoms with E-state index in [1.807, 2.05) is 0 Å². The summed E-state index contributed by atoms with van der Waals surface area (Å²) < 4.78 is 22.2. The van der Waals surface area contributed by atoms with Crippen molar-refractivity contribution in [1.29, 1.82) is 0 Å². The lowest BCUT2D eigenvalue weighted by Crippen LogP contribution is -2.54. The summed E-state index contributed by atoms with van der Waals surface area (Å²) in [6.07, 6.45) is 18.7. The Kier molecular flexibility index (Phi) is 25.7. The van der Waals surface area contributed by atoms with Crippen LogP contribution in [0.2, 0.25) is 0 Å². The molecule has 240 valence electrons. The van der Waals surface area contributed by atoms with Crippen molar-refractivity contribution >= 4 is 32.9 Å². The third-order valence-electron chi connectivity index (χ3n) is 6.89. The van der Waals surface area contributed by atoms with Gasteiger partial charge in [0.05, 0.1) is 0 Å². The van der Waals surface area contributed by atoms with E-state index in [-0.39, 0.29) is 25.7 Å². The molecule has 0 aromatic carbocycles. The normalized spacial score (nSPS) is 11.2. The summed E-state index contributed by atoms with van der Waals surface area (Å²) in [5, 5.41) is 0. The quantitative estimate of drug-likeness (QED) is 0.0647. The van der Waals surface area contributed by atoms with E-state index in [1.165, 1.54) is 0 Å². The molecule has 0 aliphatic rings. The zero-order valence-electron chi connectivity index (χ0n) is 26.7. The highest BCUT2D eigenvalue weighted by Gasteiger charge is 2.62. The van der Waals surface area contributed by atoms with Gasteiger partial charge in [0.1, 0.15) is 0 Å². The fourth-order valence-electron chi connectivity index (χ4n) is 4.38. The van der Waals surface area contributed by atoms with E-state index < -0.39 is 32.9 Å². The molecule has 0 fully saturated rings. The van der Waals surface area contributed by atoms with Gasteiger partial charge in [0.2, 0.25) is 0 Å². The fourth-order valence-corrected chi connectivity index (χ4v) is 6.15. The summed E-state index contributed by atoms with van der Waals surface area (Å²) in [4.78, 5) is 51.5. The lowest BCUT2D eigenvalue weighted by Gasteiger charge is -2.25. The Morgan fingerprint density at radius 1 is 0.341 bits per heavy atom. The van der Waals surface area contributed by atoms with Crippen molar-refractivity contribution in [3.8, 4) is 0 Å². The molecule has 0 aromatic heterocycles. The molecule has 0 aliphatic heterocycles. The van der Waals surface area contributed by atoms with Crippen LogP contribution in [-0.2, 0) is 36.9 Å². The van der Waals surface area contributed by atoms with Crippen molar-refractivity contribution in [3.05, 3.63) is 0 Å². The lowest BCUT2D eigenvalue weighted by atomic mass is 10.1. The average Bonchev–Trinajstić information content (AvgIpc) is 2.92. The molecule has 0 bridgehead atoms. The smallest absolute Gasteiger partial charge is 0.423 e. The van der Waals surface area contributed by atoms with Crippen LogP contribution in [0.5, 0.6) is 0 Å². The lowest BCUT2D eigenvalue weighted by molar-refractivity contribution is -0.163. The SMILES string of the molecule is CCCCCCCC(=O)O[Si](OC(=O)CCCCCCC)(OC(=O)CCCCCCC)OC(=O)CCCCCCC. The minimum Gasteiger partial charge on any atom is -0.423 e. The summed E-state index contributed by atoms with van der Waals surface area (Å²) in [7, 11) is -4.75. The maximum atomic E-state index is 12.9. The average molecular weight is 601 g/mol. The molecule has 0 saturated carbocycles. The maximum Gasteiger partial charge on any atom is 0.974 e. The number of rotatable bonds is 28. The molecule has 0 aliphatic carbocycles. The Bertz CT molecular complexity index is 580. The third kappa shape index (κ3) is 23.4. The van der Waals surface area contributed by atoms with E-state index >= 15 is 0 Å². The Labute approximate surface area is 251 Å². The number of carbonyl (C=O) groups excluding carboxylic acids is 4. The fraction of sp³-hybridized carbons (Fsp3) is 0.875. The molecule has 9 heteroatoms. The van der Waals surface area contributed by atoms with E-state index in [2.05, 4.69) is 27.7 Å². The molecule has 8 nitrogen and oxygen atoms in total. The zero-order chi connectivity index (χ0) is 30.6. The van der Waals surface area contributed by atoms with Gasteiger partial charge < -0.3 is 17.7 Å². The van der Waals surface area contributed by atoms with Crippen LogP contribution in [0.15, 0.2) is 0 Å². The first-order chi connectivity index (χ1) is 19.8. The second-order valence-electron chi connectivity index (χ2n) is 11.1. The van der Waals surface area contributed by atoms with Crippen LogP contribution in [0.3, 0.4) is 0 Å². The van der Waals surface area contributed by atoms with E-state index in [1.54, 1.807) is 0 Å². The Balaban J connectivity index is 5.59. The number of carbonyl (C=O) groups is 4. The van der Waals surface area contributed by atoms with Gasteiger partial charge in [0.25, 0.3) is 23.9 Å². The van der Waals surface area contributed by atoms with Gasteiger partial charge >= 0.3 is 9.05 Å². The van der Waals surface area contributed by atoms with Crippen LogP contribution in [-0.4, -0.2) is 32.9 Å². The van der Waals surface area contributed by atoms with Gasteiger partial charge in [-0.15, -0.1) is 0 Å². The molecule has 0 amide bonds. The zero-order valence-corrected chi connectivity index (χ0v) is 27.7. The van der Waals surface area contributed by atoms with Crippen molar-refractivity contribution in [3.63, 3.8) is 0 Å². The van der Waals surface area contributed by atoms with Gasteiger partial charge in [0.15, 0.2) is 0 Å². The van der Waals surface area contributed by atoms with Crippen LogP contribution in [0, 0.1) is 0 Å². The predicted molar refractivity (Wildman–Crippen MR) is 164 cm³/mol. The summed E-state index contributed by atoms with van der Waals surface area (Å²) in [6.45, 7) is 8.46. The summed E-state index contributed by atoms with van der Waals surface area (Å²) in [5.74, 6) is -2.74. The van der Waals surface area contributed by atoms with Crippen LogP contribution in [0.4, 0.5) is 0 Å². The van der Waals surface area contributed by atoms with Gasteiger partial charge in [0, 0.05) is 25.7 Å². The molecule has 0 heterocycles. The monoisotopic (exact) mass is 600 g/mol. The number of hydrogen-bond acceptors (Lipinski definition) is 8. The first-order valence-corrected chi connectivity index (χ1v) is 18.3. The van der Waals surface area contributed by atoms with E-state index in [0.29, 0.717) is 25.7 Å². The van der Waals surface area contributed by atoms with Gasteiger partial charge in [-0.2, -0.15) is 0 Å². The topological polar surface area (TPSA) is 105 Å².